The number of ether oxygens (including phenoxy) is 1. The van der Waals surface area contributed by atoms with Crippen molar-refractivity contribution in [3.8, 4) is 5.75 Å². The maximum Gasteiger partial charge on any atom is 0.323 e. The van der Waals surface area contributed by atoms with Crippen molar-refractivity contribution in [1.29, 1.82) is 0 Å². The van der Waals surface area contributed by atoms with Crippen LogP contribution in [0.4, 0.5) is 20.6 Å². The molecular formula is C23H18ClFN4O3. The summed E-state index contributed by atoms with van der Waals surface area (Å²) in [4.78, 5) is 29.2. The molecule has 0 atom stereocenters. The summed E-state index contributed by atoms with van der Waals surface area (Å²) in [7, 11) is 0. The lowest BCUT2D eigenvalue weighted by Crippen LogP contribution is -2.20. The van der Waals surface area contributed by atoms with Crippen molar-refractivity contribution in [3.63, 3.8) is 0 Å². The van der Waals surface area contributed by atoms with E-state index >= 15 is 0 Å². The summed E-state index contributed by atoms with van der Waals surface area (Å²) in [5, 5.41) is 5.16. The van der Waals surface area contributed by atoms with Crippen LogP contribution in [0, 0.1) is 12.7 Å². The smallest absolute Gasteiger partial charge is 0.323 e. The van der Waals surface area contributed by atoms with Crippen molar-refractivity contribution in [3.05, 3.63) is 99.3 Å². The molecule has 7 nitrogen and oxygen atoms in total. The molecule has 162 valence electrons. The Balaban J connectivity index is 1.48. The topological polar surface area (TPSA) is 84.7 Å². The molecule has 0 saturated heterocycles. The molecule has 0 radical (unpaired) electrons. The number of hydrogen-bond acceptors (Lipinski definition) is 4. The Kier molecular flexibility index (Phi) is 6.04. The second-order valence-corrected chi connectivity index (χ2v) is 7.37. The number of para-hydroxylation sites is 2. The summed E-state index contributed by atoms with van der Waals surface area (Å²) in [6.07, 6.45) is 1.66. The fraction of sp³-hybridized carbons (Fsp3) is 0.0870. The van der Waals surface area contributed by atoms with Gasteiger partial charge in [0, 0.05) is 18.0 Å². The van der Waals surface area contributed by atoms with E-state index in [0.29, 0.717) is 28.5 Å². The molecule has 0 unspecified atom stereocenters. The molecule has 32 heavy (non-hydrogen) atoms. The molecule has 2 heterocycles. The minimum atomic E-state index is -0.575. The van der Waals surface area contributed by atoms with Gasteiger partial charge in [-0.2, -0.15) is 0 Å². The number of nitrogens with one attached hydrogen (secondary N) is 2. The number of hydrogen-bond donors (Lipinski definition) is 2. The Morgan fingerprint density at radius 2 is 1.94 bits per heavy atom. The Morgan fingerprint density at radius 1 is 1.12 bits per heavy atom. The Hall–Kier alpha value is -3.91. The zero-order chi connectivity index (χ0) is 22.7. The summed E-state index contributed by atoms with van der Waals surface area (Å²) >= 11 is 5.74. The highest BCUT2D eigenvalue weighted by atomic mass is 35.5. The SMILES string of the molecule is Cc1cccn2c(=O)cc(COc3ccccc3NC(=O)Nc3ccc(F)c(Cl)c3)nc12. The first kappa shape index (κ1) is 21.3. The van der Waals surface area contributed by atoms with Crippen molar-refractivity contribution in [2.24, 2.45) is 0 Å². The quantitative estimate of drug-likeness (QED) is 0.445. The largest absolute Gasteiger partial charge is 0.485 e. The lowest BCUT2D eigenvalue weighted by atomic mass is 10.3. The van der Waals surface area contributed by atoms with Crippen LogP contribution in [0.5, 0.6) is 5.75 Å². The second-order valence-electron chi connectivity index (χ2n) is 6.96. The number of aromatic nitrogens is 2. The van der Waals surface area contributed by atoms with E-state index in [4.69, 9.17) is 16.3 Å². The standard InChI is InChI=1S/C23H18ClFN4O3/c1-14-5-4-10-29-21(30)12-16(26-22(14)29)13-32-20-7-3-2-6-19(20)28-23(31)27-15-8-9-18(25)17(24)11-15/h2-12H,13H2,1H3,(H2,27,28,31). The Labute approximate surface area is 187 Å². The lowest BCUT2D eigenvalue weighted by Gasteiger charge is -2.13. The normalized spacial score (nSPS) is 10.7. The van der Waals surface area contributed by atoms with Gasteiger partial charge < -0.3 is 15.4 Å². The second kappa shape index (κ2) is 9.07. The number of aryl methyl sites for hydroxylation is 1. The minimum Gasteiger partial charge on any atom is -0.485 e. The van der Waals surface area contributed by atoms with Crippen molar-refractivity contribution < 1.29 is 13.9 Å². The maximum atomic E-state index is 13.3. The summed E-state index contributed by atoms with van der Waals surface area (Å²) in [6.45, 7) is 1.91. The molecule has 0 bridgehead atoms. The van der Waals surface area contributed by atoms with E-state index in [9.17, 15) is 14.0 Å². The van der Waals surface area contributed by atoms with E-state index in [2.05, 4.69) is 15.6 Å². The summed E-state index contributed by atoms with van der Waals surface area (Å²) in [5.41, 5.74) is 2.43. The van der Waals surface area contributed by atoms with Crippen LogP contribution in [-0.4, -0.2) is 15.4 Å². The van der Waals surface area contributed by atoms with Crippen molar-refractivity contribution in [1.82, 2.24) is 9.38 Å². The number of rotatable bonds is 5. The van der Waals surface area contributed by atoms with Crippen LogP contribution in [-0.2, 0) is 6.61 Å². The zero-order valence-electron chi connectivity index (χ0n) is 16.9. The molecule has 2 N–H and O–H groups in total. The molecule has 0 aliphatic carbocycles. The van der Waals surface area contributed by atoms with Gasteiger partial charge in [0.1, 0.15) is 23.8 Å². The number of carbonyl (C=O) groups excluding carboxylic acids is 1. The molecule has 4 rings (SSSR count). The van der Waals surface area contributed by atoms with Crippen LogP contribution in [0.25, 0.3) is 5.65 Å². The third-order valence-corrected chi connectivity index (χ3v) is 4.92. The van der Waals surface area contributed by atoms with Crippen LogP contribution in [0.15, 0.2) is 71.7 Å². The van der Waals surface area contributed by atoms with E-state index in [-0.39, 0.29) is 17.2 Å². The fourth-order valence-electron chi connectivity index (χ4n) is 3.09. The lowest BCUT2D eigenvalue weighted by molar-refractivity contribution is 0.261. The maximum absolute atomic E-state index is 13.3. The highest BCUT2D eigenvalue weighted by molar-refractivity contribution is 6.31. The predicted molar refractivity (Wildman–Crippen MR) is 121 cm³/mol. The van der Waals surface area contributed by atoms with Gasteiger partial charge in [0.15, 0.2) is 0 Å². The van der Waals surface area contributed by atoms with Gasteiger partial charge in [-0.3, -0.25) is 9.20 Å². The predicted octanol–water partition coefficient (Wildman–Crippen LogP) is 5.02. The Morgan fingerprint density at radius 3 is 2.75 bits per heavy atom. The average molecular weight is 453 g/mol. The van der Waals surface area contributed by atoms with Gasteiger partial charge in [-0.1, -0.05) is 29.8 Å². The van der Waals surface area contributed by atoms with Crippen LogP contribution >= 0.6 is 11.6 Å². The molecule has 0 fully saturated rings. The van der Waals surface area contributed by atoms with Gasteiger partial charge in [-0.25, -0.2) is 14.2 Å². The van der Waals surface area contributed by atoms with Crippen molar-refractivity contribution >= 4 is 34.7 Å². The molecule has 2 amide bonds. The Bertz CT molecular complexity index is 1370. The summed E-state index contributed by atoms with van der Waals surface area (Å²) < 4.78 is 20.6. The monoisotopic (exact) mass is 452 g/mol. The molecule has 2 aromatic heterocycles. The number of urea groups is 1. The first-order valence-corrected chi connectivity index (χ1v) is 10.0. The highest BCUT2D eigenvalue weighted by Gasteiger charge is 2.11. The van der Waals surface area contributed by atoms with Crippen molar-refractivity contribution in [2.45, 2.75) is 13.5 Å². The summed E-state index contributed by atoms with van der Waals surface area (Å²) in [5.74, 6) is -0.180. The number of pyridine rings is 1. The molecule has 4 aromatic rings. The van der Waals surface area contributed by atoms with E-state index in [1.54, 1.807) is 36.5 Å². The number of halogens is 2. The molecule has 0 aliphatic rings. The van der Waals surface area contributed by atoms with Gasteiger partial charge in [0.25, 0.3) is 5.56 Å². The molecule has 0 saturated carbocycles. The third-order valence-electron chi connectivity index (χ3n) is 4.63. The molecule has 2 aromatic carbocycles. The molecule has 0 spiro atoms. The van der Waals surface area contributed by atoms with Gasteiger partial charge in [-0.15, -0.1) is 0 Å². The van der Waals surface area contributed by atoms with Crippen LogP contribution in [0.3, 0.4) is 0 Å². The van der Waals surface area contributed by atoms with Crippen molar-refractivity contribution in [2.75, 3.05) is 10.6 Å². The first-order valence-electron chi connectivity index (χ1n) is 9.63. The van der Waals surface area contributed by atoms with Crippen LogP contribution < -0.4 is 20.9 Å². The molecule has 9 heteroatoms. The van der Waals surface area contributed by atoms with Crippen LogP contribution in [0.2, 0.25) is 5.02 Å². The van der Waals surface area contributed by atoms with Gasteiger partial charge in [-0.05, 0) is 48.9 Å². The van der Waals surface area contributed by atoms with E-state index < -0.39 is 11.8 Å². The number of anilines is 2. The van der Waals surface area contributed by atoms with E-state index in [1.807, 2.05) is 13.0 Å². The van der Waals surface area contributed by atoms with Gasteiger partial charge in [0.05, 0.1) is 16.4 Å². The molecular weight excluding hydrogens is 435 g/mol. The number of fused-ring (bicyclic) bond motifs is 1. The summed E-state index contributed by atoms with van der Waals surface area (Å²) in [6, 6.07) is 15.2. The van der Waals surface area contributed by atoms with Gasteiger partial charge >= 0.3 is 6.03 Å². The van der Waals surface area contributed by atoms with E-state index in [0.717, 1.165) is 11.6 Å². The number of carbonyl (C=O) groups is 1. The first-order chi connectivity index (χ1) is 15.4. The van der Waals surface area contributed by atoms with Gasteiger partial charge in [0.2, 0.25) is 0 Å². The number of amides is 2. The fourth-order valence-corrected chi connectivity index (χ4v) is 3.27. The number of nitrogens with zero attached hydrogens (tertiary/aromatic N) is 2. The number of benzene rings is 2. The van der Waals surface area contributed by atoms with E-state index in [1.165, 1.54) is 22.6 Å². The van der Waals surface area contributed by atoms with Crippen LogP contribution in [0.1, 0.15) is 11.3 Å². The minimum absolute atomic E-state index is 0.0357. The third kappa shape index (κ3) is 4.70. The highest BCUT2D eigenvalue weighted by Crippen LogP contribution is 2.25. The molecule has 0 aliphatic heterocycles. The average Bonchev–Trinajstić information content (AvgIpc) is 2.76. The zero-order valence-corrected chi connectivity index (χ0v) is 17.7.